The first-order valence-electron chi connectivity index (χ1n) is 4.57. The first kappa shape index (κ1) is 11.0. The summed E-state index contributed by atoms with van der Waals surface area (Å²) in [7, 11) is 0. The third-order valence-electron chi connectivity index (χ3n) is 1.74. The standard InChI is InChI=1S/C11H15F2N/c1-11(2,3)7-14-10-6-8(12)4-5-9(10)13/h4-6,14H,7H2,1-3H3. The molecule has 14 heavy (non-hydrogen) atoms. The molecule has 0 radical (unpaired) electrons. The summed E-state index contributed by atoms with van der Waals surface area (Å²) in [5.74, 6) is -0.849. The lowest BCUT2D eigenvalue weighted by molar-refractivity contribution is 0.441. The fourth-order valence-corrected chi connectivity index (χ4v) is 0.993. The Hall–Kier alpha value is -1.12. The van der Waals surface area contributed by atoms with Gasteiger partial charge in [-0.05, 0) is 23.6 Å². The zero-order chi connectivity index (χ0) is 10.8. The van der Waals surface area contributed by atoms with Gasteiger partial charge in [-0.2, -0.15) is 0 Å². The lowest BCUT2D eigenvalue weighted by Gasteiger charge is -2.19. The molecular weight excluding hydrogens is 184 g/mol. The maximum atomic E-state index is 13.1. The van der Waals surface area contributed by atoms with Crippen LogP contribution in [0.3, 0.4) is 0 Å². The maximum absolute atomic E-state index is 13.1. The van der Waals surface area contributed by atoms with Crippen LogP contribution in [0.2, 0.25) is 0 Å². The highest BCUT2D eigenvalue weighted by atomic mass is 19.1. The number of rotatable bonds is 2. The molecule has 78 valence electrons. The second-order valence-electron chi connectivity index (χ2n) is 4.54. The molecule has 1 nitrogen and oxygen atoms in total. The Balaban J connectivity index is 2.72. The summed E-state index contributed by atoms with van der Waals surface area (Å²) in [6.45, 7) is 6.68. The van der Waals surface area contributed by atoms with Crippen molar-refractivity contribution in [3.63, 3.8) is 0 Å². The van der Waals surface area contributed by atoms with E-state index in [9.17, 15) is 8.78 Å². The quantitative estimate of drug-likeness (QED) is 0.769. The molecule has 0 bridgehead atoms. The van der Waals surface area contributed by atoms with Crippen LogP contribution >= 0.6 is 0 Å². The van der Waals surface area contributed by atoms with Crippen molar-refractivity contribution in [3.05, 3.63) is 29.8 Å². The first-order valence-corrected chi connectivity index (χ1v) is 4.57. The van der Waals surface area contributed by atoms with Crippen molar-refractivity contribution in [2.45, 2.75) is 20.8 Å². The van der Waals surface area contributed by atoms with Gasteiger partial charge in [-0.1, -0.05) is 20.8 Å². The van der Waals surface area contributed by atoms with Crippen molar-refractivity contribution >= 4 is 5.69 Å². The van der Waals surface area contributed by atoms with Gasteiger partial charge < -0.3 is 5.32 Å². The van der Waals surface area contributed by atoms with Crippen LogP contribution in [0.15, 0.2) is 18.2 Å². The minimum Gasteiger partial charge on any atom is -0.382 e. The van der Waals surface area contributed by atoms with E-state index in [1.807, 2.05) is 20.8 Å². The molecule has 0 saturated heterocycles. The van der Waals surface area contributed by atoms with E-state index in [1.165, 1.54) is 6.07 Å². The van der Waals surface area contributed by atoms with Crippen LogP contribution in [-0.4, -0.2) is 6.54 Å². The Morgan fingerprint density at radius 2 is 1.86 bits per heavy atom. The zero-order valence-electron chi connectivity index (χ0n) is 8.70. The van der Waals surface area contributed by atoms with Crippen LogP contribution in [0.25, 0.3) is 0 Å². The summed E-state index contributed by atoms with van der Waals surface area (Å²) >= 11 is 0. The van der Waals surface area contributed by atoms with E-state index in [0.29, 0.717) is 6.54 Å². The predicted octanol–water partition coefficient (Wildman–Crippen LogP) is 3.42. The van der Waals surface area contributed by atoms with Crippen molar-refractivity contribution in [2.75, 3.05) is 11.9 Å². The van der Waals surface area contributed by atoms with Gasteiger partial charge in [0.15, 0.2) is 0 Å². The van der Waals surface area contributed by atoms with Crippen LogP contribution in [0.1, 0.15) is 20.8 Å². The molecule has 1 aromatic carbocycles. The molecule has 0 aliphatic carbocycles. The highest BCUT2D eigenvalue weighted by Crippen LogP contribution is 2.19. The third-order valence-corrected chi connectivity index (χ3v) is 1.74. The molecule has 3 heteroatoms. The van der Waals surface area contributed by atoms with Crippen LogP contribution in [0.5, 0.6) is 0 Å². The molecule has 0 fully saturated rings. The van der Waals surface area contributed by atoms with E-state index in [4.69, 9.17) is 0 Å². The fourth-order valence-electron chi connectivity index (χ4n) is 0.993. The molecule has 0 atom stereocenters. The van der Waals surface area contributed by atoms with Crippen molar-refractivity contribution in [1.82, 2.24) is 0 Å². The smallest absolute Gasteiger partial charge is 0.146 e. The average Bonchev–Trinajstić information content (AvgIpc) is 2.05. The number of hydrogen-bond acceptors (Lipinski definition) is 1. The molecular formula is C11H15F2N. The molecule has 0 heterocycles. The van der Waals surface area contributed by atoms with Gasteiger partial charge in [-0.15, -0.1) is 0 Å². The molecule has 0 spiro atoms. The lowest BCUT2D eigenvalue weighted by Crippen LogP contribution is -2.19. The molecule has 0 saturated carbocycles. The maximum Gasteiger partial charge on any atom is 0.146 e. The highest BCUT2D eigenvalue weighted by molar-refractivity contribution is 5.44. The van der Waals surface area contributed by atoms with Crippen LogP contribution < -0.4 is 5.32 Å². The van der Waals surface area contributed by atoms with Gasteiger partial charge in [-0.25, -0.2) is 8.78 Å². The number of benzene rings is 1. The Kier molecular flexibility index (Phi) is 3.09. The Morgan fingerprint density at radius 3 is 2.43 bits per heavy atom. The molecule has 0 aliphatic heterocycles. The second kappa shape index (κ2) is 3.95. The van der Waals surface area contributed by atoms with Gasteiger partial charge in [0.2, 0.25) is 0 Å². The summed E-state index contributed by atoms with van der Waals surface area (Å²) in [6.07, 6.45) is 0. The number of hydrogen-bond donors (Lipinski definition) is 1. The Bertz CT molecular complexity index is 316. The van der Waals surface area contributed by atoms with E-state index >= 15 is 0 Å². The Morgan fingerprint density at radius 1 is 1.21 bits per heavy atom. The predicted molar refractivity (Wildman–Crippen MR) is 54.3 cm³/mol. The summed E-state index contributed by atoms with van der Waals surface area (Å²) in [5, 5.41) is 2.88. The van der Waals surface area contributed by atoms with Crippen molar-refractivity contribution in [1.29, 1.82) is 0 Å². The molecule has 0 aliphatic rings. The van der Waals surface area contributed by atoms with E-state index in [2.05, 4.69) is 5.32 Å². The van der Waals surface area contributed by atoms with Crippen molar-refractivity contribution in [3.8, 4) is 0 Å². The molecule has 0 aromatic heterocycles. The molecule has 1 N–H and O–H groups in total. The van der Waals surface area contributed by atoms with E-state index in [0.717, 1.165) is 12.1 Å². The molecule has 1 rings (SSSR count). The van der Waals surface area contributed by atoms with Gasteiger partial charge in [0.05, 0.1) is 5.69 Å². The summed E-state index contributed by atoms with van der Waals surface area (Å²) in [6, 6.07) is 3.40. The fraction of sp³-hybridized carbons (Fsp3) is 0.455. The van der Waals surface area contributed by atoms with E-state index < -0.39 is 11.6 Å². The topological polar surface area (TPSA) is 12.0 Å². The molecule has 0 unspecified atom stereocenters. The highest BCUT2D eigenvalue weighted by Gasteiger charge is 2.11. The van der Waals surface area contributed by atoms with Gasteiger partial charge in [0.1, 0.15) is 11.6 Å². The van der Waals surface area contributed by atoms with Gasteiger partial charge in [0, 0.05) is 6.54 Å². The van der Waals surface area contributed by atoms with Crippen LogP contribution in [-0.2, 0) is 0 Å². The lowest BCUT2D eigenvalue weighted by atomic mass is 9.97. The molecule has 1 aromatic rings. The SMILES string of the molecule is CC(C)(C)CNc1cc(F)ccc1F. The number of anilines is 1. The normalized spacial score (nSPS) is 11.5. The average molecular weight is 199 g/mol. The van der Waals surface area contributed by atoms with Crippen LogP contribution in [0.4, 0.5) is 14.5 Å². The van der Waals surface area contributed by atoms with E-state index in [-0.39, 0.29) is 11.1 Å². The monoisotopic (exact) mass is 199 g/mol. The van der Waals surface area contributed by atoms with E-state index in [1.54, 1.807) is 0 Å². The van der Waals surface area contributed by atoms with Crippen LogP contribution in [0, 0.1) is 17.0 Å². The number of halogens is 2. The van der Waals surface area contributed by atoms with Crippen molar-refractivity contribution < 1.29 is 8.78 Å². The zero-order valence-corrected chi connectivity index (χ0v) is 8.70. The summed E-state index contributed by atoms with van der Waals surface area (Å²) in [5.41, 5.74) is 0.263. The van der Waals surface area contributed by atoms with Gasteiger partial charge >= 0.3 is 0 Å². The first-order chi connectivity index (χ1) is 6.38. The molecule has 0 amide bonds. The van der Waals surface area contributed by atoms with Crippen molar-refractivity contribution in [2.24, 2.45) is 5.41 Å². The minimum atomic E-state index is -0.428. The van der Waals surface area contributed by atoms with Gasteiger partial charge in [-0.3, -0.25) is 0 Å². The largest absolute Gasteiger partial charge is 0.382 e. The number of nitrogens with one attached hydrogen (secondary N) is 1. The summed E-state index contributed by atoms with van der Waals surface area (Å²) < 4.78 is 25.9. The summed E-state index contributed by atoms with van der Waals surface area (Å²) in [4.78, 5) is 0. The van der Waals surface area contributed by atoms with Gasteiger partial charge in [0.25, 0.3) is 0 Å². The minimum absolute atomic E-state index is 0.0404. The second-order valence-corrected chi connectivity index (χ2v) is 4.54. The Labute approximate surface area is 83.1 Å². The third kappa shape index (κ3) is 3.32.